The molecule has 9 nitrogen and oxygen atoms in total. The van der Waals surface area contributed by atoms with Crippen LogP contribution in [0.1, 0.15) is 29.0 Å². The number of hydrogen-bond acceptors (Lipinski definition) is 5. The quantitative estimate of drug-likeness (QED) is 0.659. The molecule has 4 rings (SSSR count). The van der Waals surface area contributed by atoms with Crippen molar-refractivity contribution in [1.82, 2.24) is 30.2 Å². The Morgan fingerprint density at radius 2 is 2.18 bits per heavy atom. The number of rotatable bonds is 6. The Balaban J connectivity index is 1.50. The van der Waals surface area contributed by atoms with E-state index in [1.165, 1.54) is 0 Å². The van der Waals surface area contributed by atoms with Crippen molar-refractivity contribution in [3.63, 3.8) is 0 Å². The van der Waals surface area contributed by atoms with E-state index in [0.29, 0.717) is 31.0 Å². The van der Waals surface area contributed by atoms with Crippen LogP contribution in [0.15, 0.2) is 30.5 Å². The first-order valence-electron chi connectivity index (χ1n) is 9.15. The Hall–Kier alpha value is -3.36. The maximum Gasteiger partial charge on any atom is 0.270 e. The van der Waals surface area contributed by atoms with E-state index in [1.807, 2.05) is 31.3 Å². The molecule has 1 aliphatic heterocycles. The van der Waals surface area contributed by atoms with Gasteiger partial charge in [0.05, 0.1) is 11.2 Å². The molecule has 9 heteroatoms. The van der Waals surface area contributed by atoms with E-state index in [-0.39, 0.29) is 17.9 Å². The summed E-state index contributed by atoms with van der Waals surface area (Å²) in [6.45, 7) is 0.777. The molecule has 2 amide bonds. The standard InChI is InChI=1S/C19H22N6O3/c1-24-13(7-8-21-24)11-28-14-4-5-16-15(9-14)18(25(2)23-16)19(27)20-10-12-3-6-17(26)22-12/h4-5,7-9,12H,3,6,10-11H2,1-2H3,(H,20,27)(H,22,26). The second-order valence-electron chi connectivity index (χ2n) is 6.90. The van der Waals surface area contributed by atoms with Gasteiger partial charge in [-0.25, -0.2) is 0 Å². The van der Waals surface area contributed by atoms with Gasteiger partial charge in [-0.05, 0) is 30.7 Å². The average molecular weight is 382 g/mol. The number of amides is 2. The van der Waals surface area contributed by atoms with Crippen molar-refractivity contribution in [2.45, 2.75) is 25.5 Å². The third-order valence-corrected chi connectivity index (χ3v) is 4.92. The van der Waals surface area contributed by atoms with Gasteiger partial charge in [-0.2, -0.15) is 10.2 Å². The highest BCUT2D eigenvalue weighted by molar-refractivity contribution is 6.05. The third kappa shape index (κ3) is 3.55. The van der Waals surface area contributed by atoms with Crippen molar-refractivity contribution >= 4 is 22.7 Å². The number of carbonyl (C=O) groups excluding carboxylic acids is 2. The molecule has 3 aromatic rings. The second-order valence-corrected chi connectivity index (χ2v) is 6.90. The number of fused-ring (bicyclic) bond motifs is 1. The van der Waals surface area contributed by atoms with E-state index in [2.05, 4.69) is 20.8 Å². The highest BCUT2D eigenvalue weighted by Gasteiger charge is 2.23. The van der Waals surface area contributed by atoms with E-state index in [9.17, 15) is 9.59 Å². The van der Waals surface area contributed by atoms with Crippen molar-refractivity contribution in [3.05, 3.63) is 41.9 Å². The topological polar surface area (TPSA) is 103 Å². The first kappa shape index (κ1) is 18.0. The fourth-order valence-corrected chi connectivity index (χ4v) is 3.37. The molecule has 0 saturated carbocycles. The van der Waals surface area contributed by atoms with Gasteiger partial charge in [-0.3, -0.25) is 19.0 Å². The lowest BCUT2D eigenvalue weighted by Gasteiger charge is -2.11. The van der Waals surface area contributed by atoms with Gasteiger partial charge < -0.3 is 15.4 Å². The minimum absolute atomic E-state index is 0.0197. The molecule has 0 bridgehead atoms. The maximum atomic E-state index is 12.7. The Labute approximate surface area is 161 Å². The van der Waals surface area contributed by atoms with Crippen LogP contribution in [0.25, 0.3) is 10.9 Å². The van der Waals surface area contributed by atoms with E-state index in [0.717, 1.165) is 23.0 Å². The molecule has 3 heterocycles. The molecule has 1 aromatic carbocycles. The molecule has 146 valence electrons. The van der Waals surface area contributed by atoms with Crippen molar-refractivity contribution in [1.29, 1.82) is 0 Å². The summed E-state index contributed by atoms with van der Waals surface area (Å²) in [6, 6.07) is 7.37. The van der Waals surface area contributed by atoms with E-state index < -0.39 is 0 Å². The number of ether oxygens (including phenoxy) is 1. The highest BCUT2D eigenvalue weighted by Crippen LogP contribution is 2.24. The Kier molecular flexibility index (Phi) is 4.72. The summed E-state index contributed by atoms with van der Waals surface area (Å²) < 4.78 is 9.18. The molecule has 2 N–H and O–H groups in total. The van der Waals surface area contributed by atoms with Gasteiger partial charge in [0, 0.05) is 44.7 Å². The molecule has 1 saturated heterocycles. The van der Waals surface area contributed by atoms with Crippen LogP contribution in [0.2, 0.25) is 0 Å². The summed E-state index contributed by atoms with van der Waals surface area (Å²) >= 11 is 0. The van der Waals surface area contributed by atoms with Crippen molar-refractivity contribution in [2.75, 3.05) is 6.54 Å². The van der Waals surface area contributed by atoms with Crippen molar-refractivity contribution < 1.29 is 14.3 Å². The second kappa shape index (κ2) is 7.34. The van der Waals surface area contributed by atoms with Gasteiger partial charge in [0.1, 0.15) is 18.1 Å². The molecule has 1 aliphatic rings. The largest absolute Gasteiger partial charge is 0.487 e. The highest BCUT2D eigenvalue weighted by atomic mass is 16.5. The zero-order chi connectivity index (χ0) is 19.7. The van der Waals surface area contributed by atoms with Crippen LogP contribution in [0, 0.1) is 0 Å². The molecule has 0 radical (unpaired) electrons. The van der Waals surface area contributed by atoms with Gasteiger partial charge in [-0.15, -0.1) is 0 Å². The molecular formula is C19H22N6O3. The number of nitrogens with one attached hydrogen (secondary N) is 2. The molecule has 1 fully saturated rings. The minimum Gasteiger partial charge on any atom is -0.487 e. The first-order valence-corrected chi connectivity index (χ1v) is 9.15. The van der Waals surface area contributed by atoms with Crippen LogP contribution < -0.4 is 15.4 Å². The summed E-state index contributed by atoms with van der Waals surface area (Å²) in [6.07, 6.45) is 2.96. The predicted molar refractivity (Wildman–Crippen MR) is 102 cm³/mol. The molecular weight excluding hydrogens is 360 g/mol. The number of aromatic nitrogens is 4. The predicted octanol–water partition coefficient (Wildman–Crippen LogP) is 0.894. The average Bonchev–Trinajstić information content (AvgIpc) is 3.36. The Morgan fingerprint density at radius 3 is 2.89 bits per heavy atom. The van der Waals surface area contributed by atoms with Crippen molar-refractivity contribution in [3.8, 4) is 5.75 Å². The third-order valence-electron chi connectivity index (χ3n) is 4.92. The summed E-state index contributed by atoms with van der Waals surface area (Å²) in [7, 11) is 3.60. The van der Waals surface area contributed by atoms with Gasteiger partial charge >= 0.3 is 0 Å². The minimum atomic E-state index is -0.227. The lowest BCUT2D eigenvalue weighted by molar-refractivity contribution is -0.119. The van der Waals surface area contributed by atoms with Gasteiger partial charge in [0.25, 0.3) is 5.91 Å². The van der Waals surface area contributed by atoms with Gasteiger partial charge in [-0.1, -0.05) is 0 Å². The number of benzene rings is 1. The zero-order valence-electron chi connectivity index (χ0n) is 15.8. The fraction of sp³-hybridized carbons (Fsp3) is 0.368. The van der Waals surface area contributed by atoms with Gasteiger partial charge in [0.15, 0.2) is 0 Å². The molecule has 28 heavy (non-hydrogen) atoms. The summed E-state index contributed by atoms with van der Waals surface area (Å²) in [4.78, 5) is 24.0. The Morgan fingerprint density at radius 1 is 1.32 bits per heavy atom. The number of aryl methyl sites for hydroxylation is 2. The maximum absolute atomic E-state index is 12.7. The van der Waals surface area contributed by atoms with Crippen LogP contribution in [0.3, 0.4) is 0 Å². The number of nitrogens with zero attached hydrogens (tertiary/aromatic N) is 4. The normalized spacial score (nSPS) is 16.4. The van der Waals surface area contributed by atoms with E-state index >= 15 is 0 Å². The van der Waals surface area contributed by atoms with Crippen molar-refractivity contribution in [2.24, 2.45) is 14.1 Å². The summed E-state index contributed by atoms with van der Waals surface area (Å²) in [5.74, 6) is 0.453. The Bertz CT molecular complexity index is 1040. The smallest absolute Gasteiger partial charge is 0.270 e. The van der Waals surface area contributed by atoms with Crippen LogP contribution >= 0.6 is 0 Å². The molecule has 1 unspecified atom stereocenters. The SMILES string of the molecule is Cn1nccc1COc1ccc2nn(C)c(C(=O)NCC3CCC(=O)N3)c2c1. The van der Waals surface area contributed by atoms with Crippen LogP contribution in [0.5, 0.6) is 5.75 Å². The molecule has 2 aromatic heterocycles. The molecule has 0 spiro atoms. The van der Waals surface area contributed by atoms with Gasteiger partial charge in [0.2, 0.25) is 5.91 Å². The van der Waals surface area contributed by atoms with Crippen LogP contribution in [-0.2, 0) is 25.5 Å². The first-order chi connectivity index (χ1) is 13.5. The fourth-order valence-electron chi connectivity index (χ4n) is 3.37. The van der Waals surface area contributed by atoms with E-state index in [4.69, 9.17) is 4.74 Å². The van der Waals surface area contributed by atoms with E-state index in [1.54, 1.807) is 22.6 Å². The zero-order valence-corrected chi connectivity index (χ0v) is 15.8. The van der Waals surface area contributed by atoms with Crippen LogP contribution in [-0.4, -0.2) is 44.0 Å². The lowest BCUT2D eigenvalue weighted by Crippen LogP contribution is -2.39. The number of carbonyl (C=O) groups is 2. The van der Waals surface area contributed by atoms with Crippen LogP contribution in [0.4, 0.5) is 0 Å². The molecule has 1 atom stereocenters. The molecule has 0 aliphatic carbocycles. The number of hydrogen-bond donors (Lipinski definition) is 2. The lowest BCUT2D eigenvalue weighted by atomic mass is 10.2. The monoisotopic (exact) mass is 382 g/mol. The summed E-state index contributed by atoms with van der Waals surface area (Å²) in [5, 5.41) is 15.0. The summed E-state index contributed by atoms with van der Waals surface area (Å²) in [5.41, 5.74) is 2.13.